The molecule has 1 N–H and O–H groups in total. The van der Waals surface area contributed by atoms with E-state index in [4.69, 9.17) is 0 Å². The largest absolute Gasteiger partial charge is 0.317 e. The van der Waals surface area contributed by atoms with Crippen molar-refractivity contribution in [2.75, 3.05) is 19.4 Å². The molecule has 0 bridgehead atoms. The molecule has 0 unspecified atom stereocenters. The van der Waals surface area contributed by atoms with Gasteiger partial charge in [0.15, 0.2) is 0 Å². The van der Waals surface area contributed by atoms with E-state index in [1.54, 1.807) is 0 Å². The van der Waals surface area contributed by atoms with Gasteiger partial charge in [-0.3, -0.25) is 4.79 Å². The Kier molecular flexibility index (Phi) is 4.95. The predicted octanol–water partition coefficient (Wildman–Crippen LogP) is 2.61. The third-order valence-electron chi connectivity index (χ3n) is 3.15. The lowest BCUT2D eigenvalue weighted by Crippen LogP contribution is -2.24. The quantitative estimate of drug-likeness (QED) is 0.914. The van der Waals surface area contributed by atoms with Crippen molar-refractivity contribution in [3.05, 3.63) is 59.4 Å². The summed E-state index contributed by atoms with van der Waals surface area (Å²) in [7, 11) is -1.71. The van der Waals surface area contributed by atoms with Crippen LogP contribution < -0.4 is 5.32 Å². The zero-order valence-electron chi connectivity index (χ0n) is 12.7. The number of rotatable bonds is 4. The zero-order chi connectivity index (χ0) is 18.1. The van der Waals surface area contributed by atoms with E-state index in [0.717, 1.165) is 40.7 Å². The van der Waals surface area contributed by atoms with Crippen LogP contribution in [0.2, 0.25) is 0 Å². The Balaban J connectivity index is 2.42. The first-order valence-corrected chi connectivity index (χ1v) is 8.06. The van der Waals surface area contributed by atoms with E-state index in [9.17, 15) is 26.4 Å². The van der Waals surface area contributed by atoms with Gasteiger partial charge in [-0.25, -0.2) is 25.9 Å². The number of nitrogens with zero attached hydrogens (tertiary/aromatic N) is 1. The van der Waals surface area contributed by atoms with Crippen LogP contribution in [0.15, 0.2) is 41.3 Å². The third kappa shape index (κ3) is 3.41. The highest BCUT2D eigenvalue weighted by atomic mass is 32.2. The summed E-state index contributed by atoms with van der Waals surface area (Å²) in [6.07, 6.45) is 0. The number of para-hydroxylation sites is 1. The van der Waals surface area contributed by atoms with Crippen molar-refractivity contribution in [1.82, 2.24) is 4.31 Å². The molecule has 128 valence electrons. The Hall–Kier alpha value is -2.39. The first-order valence-electron chi connectivity index (χ1n) is 6.62. The minimum Gasteiger partial charge on any atom is -0.317 e. The molecular formula is C15H13F3N2O3S. The maximum absolute atomic E-state index is 13.8. The van der Waals surface area contributed by atoms with Gasteiger partial charge in [0, 0.05) is 19.7 Å². The third-order valence-corrected chi connectivity index (χ3v) is 4.98. The number of anilines is 1. The number of carbonyl (C=O) groups is 1. The Morgan fingerprint density at radius 3 is 2.12 bits per heavy atom. The SMILES string of the molecule is CN(C)S(=O)(=O)c1cc(C(=O)Nc2c(F)cccc2F)ccc1F. The molecule has 2 rings (SSSR count). The maximum Gasteiger partial charge on any atom is 0.255 e. The van der Waals surface area contributed by atoms with Crippen molar-refractivity contribution in [1.29, 1.82) is 0 Å². The van der Waals surface area contributed by atoms with E-state index < -0.39 is 44.0 Å². The van der Waals surface area contributed by atoms with Crippen LogP contribution in [0.25, 0.3) is 0 Å². The molecule has 0 aliphatic carbocycles. The predicted molar refractivity (Wildman–Crippen MR) is 81.6 cm³/mol. The second kappa shape index (κ2) is 6.62. The van der Waals surface area contributed by atoms with Gasteiger partial charge < -0.3 is 5.32 Å². The first kappa shape index (κ1) is 18.0. The molecule has 2 aromatic carbocycles. The normalized spacial score (nSPS) is 11.6. The van der Waals surface area contributed by atoms with E-state index in [0.29, 0.717) is 0 Å². The molecule has 0 aromatic heterocycles. The number of sulfonamides is 1. The van der Waals surface area contributed by atoms with Crippen LogP contribution in [-0.4, -0.2) is 32.7 Å². The summed E-state index contributed by atoms with van der Waals surface area (Å²) in [6.45, 7) is 0. The lowest BCUT2D eigenvalue weighted by Gasteiger charge is -2.13. The lowest BCUT2D eigenvalue weighted by molar-refractivity contribution is 0.102. The van der Waals surface area contributed by atoms with Gasteiger partial charge in [0.2, 0.25) is 10.0 Å². The summed E-state index contributed by atoms with van der Waals surface area (Å²) in [5.41, 5.74) is -0.941. The van der Waals surface area contributed by atoms with E-state index in [-0.39, 0.29) is 5.56 Å². The molecule has 0 aliphatic rings. The summed E-state index contributed by atoms with van der Waals surface area (Å²) >= 11 is 0. The number of nitrogens with one attached hydrogen (secondary N) is 1. The minimum atomic E-state index is -4.12. The van der Waals surface area contributed by atoms with Crippen molar-refractivity contribution in [3.8, 4) is 0 Å². The number of hydrogen-bond acceptors (Lipinski definition) is 3. The van der Waals surface area contributed by atoms with Crippen LogP contribution in [0.4, 0.5) is 18.9 Å². The van der Waals surface area contributed by atoms with Gasteiger partial charge in [-0.2, -0.15) is 0 Å². The molecule has 9 heteroatoms. The Morgan fingerprint density at radius 2 is 1.58 bits per heavy atom. The van der Waals surface area contributed by atoms with Crippen molar-refractivity contribution >= 4 is 21.6 Å². The standard InChI is InChI=1S/C15H13F3N2O3S/c1-20(2)24(22,23)13-8-9(6-7-10(13)16)15(21)19-14-11(17)4-3-5-12(14)18/h3-8H,1-2H3,(H,19,21). The molecule has 0 saturated heterocycles. The highest BCUT2D eigenvalue weighted by Crippen LogP contribution is 2.22. The highest BCUT2D eigenvalue weighted by Gasteiger charge is 2.24. The van der Waals surface area contributed by atoms with Crippen molar-refractivity contribution < 1.29 is 26.4 Å². The molecule has 0 aliphatic heterocycles. The molecule has 0 radical (unpaired) electrons. The number of hydrogen-bond donors (Lipinski definition) is 1. The van der Waals surface area contributed by atoms with Gasteiger partial charge >= 0.3 is 0 Å². The van der Waals surface area contributed by atoms with Crippen LogP contribution in [0.1, 0.15) is 10.4 Å². The zero-order valence-corrected chi connectivity index (χ0v) is 13.5. The summed E-state index contributed by atoms with van der Waals surface area (Å²) in [4.78, 5) is 11.4. The fourth-order valence-electron chi connectivity index (χ4n) is 1.84. The Labute approximate surface area is 136 Å². The second-order valence-electron chi connectivity index (χ2n) is 4.98. The number of halogens is 3. The van der Waals surface area contributed by atoms with Crippen LogP contribution in [0.3, 0.4) is 0 Å². The van der Waals surface area contributed by atoms with Gasteiger partial charge in [0.1, 0.15) is 28.0 Å². The number of carbonyl (C=O) groups excluding carboxylic acids is 1. The van der Waals surface area contributed by atoms with E-state index in [1.165, 1.54) is 14.1 Å². The minimum absolute atomic E-state index is 0.264. The monoisotopic (exact) mass is 358 g/mol. The summed E-state index contributed by atoms with van der Waals surface area (Å²) in [6, 6.07) is 5.64. The van der Waals surface area contributed by atoms with Crippen molar-refractivity contribution in [3.63, 3.8) is 0 Å². The molecule has 2 aromatic rings. The Morgan fingerprint density at radius 1 is 1.00 bits per heavy atom. The fraction of sp³-hybridized carbons (Fsp3) is 0.133. The van der Waals surface area contributed by atoms with E-state index >= 15 is 0 Å². The molecule has 0 fully saturated rings. The van der Waals surface area contributed by atoms with Crippen LogP contribution in [-0.2, 0) is 10.0 Å². The highest BCUT2D eigenvalue weighted by molar-refractivity contribution is 7.89. The van der Waals surface area contributed by atoms with Gasteiger partial charge in [0.05, 0.1) is 0 Å². The summed E-state index contributed by atoms with van der Waals surface area (Å²) in [5.74, 6) is -4.01. The van der Waals surface area contributed by atoms with Gasteiger partial charge in [-0.1, -0.05) is 6.07 Å². The topological polar surface area (TPSA) is 66.5 Å². The van der Waals surface area contributed by atoms with Crippen LogP contribution >= 0.6 is 0 Å². The van der Waals surface area contributed by atoms with E-state index in [2.05, 4.69) is 0 Å². The van der Waals surface area contributed by atoms with Gasteiger partial charge in [0.25, 0.3) is 5.91 Å². The number of benzene rings is 2. The average Bonchev–Trinajstić information content (AvgIpc) is 2.51. The second-order valence-corrected chi connectivity index (χ2v) is 7.10. The molecule has 1 amide bonds. The maximum atomic E-state index is 13.8. The van der Waals surface area contributed by atoms with Gasteiger partial charge in [-0.15, -0.1) is 0 Å². The average molecular weight is 358 g/mol. The molecule has 24 heavy (non-hydrogen) atoms. The number of amides is 1. The van der Waals surface area contributed by atoms with Crippen LogP contribution in [0.5, 0.6) is 0 Å². The molecular weight excluding hydrogens is 345 g/mol. The lowest BCUT2D eigenvalue weighted by atomic mass is 10.2. The molecule has 0 atom stereocenters. The fourth-order valence-corrected chi connectivity index (χ4v) is 2.83. The smallest absolute Gasteiger partial charge is 0.255 e. The first-order chi connectivity index (χ1) is 11.1. The van der Waals surface area contributed by atoms with Crippen LogP contribution in [0, 0.1) is 17.5 Å². The molecule has 0 saturated carbocycles. The molecule has 0 spiro atoms. The van der Waals surface area contributed by atoms with E-state index in [1.807, 2.05) is 5.32 Å². The molecule has 5 nitrogen and oxygen atoms in total. The molecule has 0 heterocycles. The van der Waals surface area contributed by atoms with Crippen molar-refractivity contribution in [2.24, 2.45) is 0 Å². The van der Waals surface area contributed by atoms with Crippen molar-refractivity contribution in [2.45, 2.75) is 4.90 Å². The Bertz CT molecular complexity index is 879. The summed E-state index contributed by atoms with van der Waals surface area (Å²) in [5, 5.41) is 2.00. The van der Waals surface area contributed by atoms with Gasteiger partial charge in [-0.05, 0) is 30.3 Å². The summed E-state index contributed by atoms with van der Waals surface area (Å²) < 4.78 is 65.7.